The van der Waals surface area contributed by atoms with E-state index < -0.39 is 11.4 Å². The second-order valence-electron chi connectivity index (χ2n) is 7.73. The van der Waals surface area contributed by atoms with Gasteiger partial charge in [0.25, 0.3) is 0 Å². The smallest absolute Gasteiger partial charge is 0.183 e. The lowest BCUT2D eigenvalue weighted by atomic mass is 9.73. The molecule has 1 aromatic heterocycles. The van der Waals surface area contributed by atoms with Gasteiger partial charge >= 0.3 is 0 Å². The number of halogens is 2. The van der Waals surface area contributed by atoms with Crippen molar-refractivity contribution in [3.05, 3.63) is 35.4 Å². The molecule has 5 nitrogen and oxygen atoms in total. The molecule has 150 valence electrons. The maximum absolute atomic E-state index is 13.7. The fourth-order valence-electron chi connectivity index (χ4n) is 2.78. The van der Waals surface area contributed by atoms with Gasteiger partial charge in [-0.1, -0.05) is 38.8 Å². The van der Waals surface area contributed by atoms with Crippen molar-refractivity contribution in [3.63, 3.8) is 0 Å². The number of hydrogen-bond acceptors (Lipinski definition) is 5. The lowest BCUT2D eigenvalue weighted by Gasteiger charge is -2.40. The molecule has 0 saturated carbocycles. The van der Waals surface area contributed by atoms with Crippen LogP contribution in [0.3, 0.4) is 0 Å². The van der Waals surface area contributed by atoms with Crippen LogP contribution in [0.4, 0.5) is 4.39 Å². The van der Waals surface area contributed by atoms with Gasteiger partial charge in [0.15, 0.2) is 16.7 Å². The summed E-state index contributed by atoms with van der Waals surface area (Å²) in [6.07, 6.45) is 4.48. The van der Waals surface area contributed by atoms with Crippen LogP contribution in [0.5, 0.6) is 5.75 Å². The number of rotatable bonds is 9. The van der Waals surface area contributed by atoms with E-state index in [2.05, 4.69) is 22.7 Å². The molecule has 8 heteroatoms. The Morgan fingerprint density at radius 2 is 2.00 bits per heavy atom. The molecule has 0 amide bonds. The van der Waals surface area contributed by atoms with E-state index in [0.717, 1.165) is 19.3 Å². The Bertz CT molecular complexity index is 751. The largest absolute Gasteiger partial charge is 0.491 e. The Labute approximate surface area is 170 Å². The minimum Gasteiger partial charge on any atom is -0.491 e. The average molecular weight is 416 g/mol. The summed E-state index contributed by atoms with van der Waals surface area (Å²) in [6, 6.07) is 4.37. The molecule has 0 saturated heterocycles. The van der Waals surface area contributed by atoms with Crippen molar-refractivity contribution in [1.82, 2.24) is 14.8 Å². The number of aliphatic hydroxyl groups is 1. The number of unbranched alkanes of at least 4 members (excludes halogenated alkanes) is 2. The van der Waals surface area contributed by atoms with E-state index in [1.807, 2.05) is 20.8 Å². The predicted octanol–water partition coefficient (Wildman–Crippen LogP) is 4.78. The number of ether oxygens (including phenoxy) is 1. The Morgan fingerprint density at radius 1 is 1.26 bits per heavy atom. The van der Waals surface area contributed by atoms with Crippen molar-refractivity contribution in [2.24, 2.45) is 5.41 Å². The van der Waals surface area contributed by atoms with Crippen molar-refractivity contribution in [3.8, 4) is 5.75 Å². The van der Waals surface area contributed by atoms with Crippen molar-refractivity contribution in [2.45, 2.75) is 63.8 Å². The average Bonchev–Trinajstić information content (AvgIpc) is 2.96. The highest BCUT2D eigenvalue weighted by atomic mass is 35.5. The van der Waals surface area contributed by atoms with Gasteiger partial charge in [0.1, 0.15) is 6.33 Å². The predicted molar refractivity (Wildman–Crippen MR) is 107 cm³/mol. The first-order chi connectivity index (χ1) is 12.6. The minimum absolute atomic E-state index is 0.207. The van der Waals surface area contributed by atoms with Gasteiger partial charge in [0, 0.05) is 5.02 Å². The second kappa shape index (κ2) is 9.26. The van der Waals surface area contributed by atoms with Gasteiger partial charge in [0.05, 0.1) is 18.8 Å². The molecule has 0 spiro atoms. The summed E-state index contributed by atoms with van der Waals surface area (Å²) < 4.78 is 20.7. The van der Waals surface area contributed by atoms with E-state index in [4.69, 9.17) is 16.3 Å². The van der Waals surface area contributed by atoms with Crippen molar-refractivity contribution < 1.29 is 14.2 Å². The van der Waals surface area contributed by atoms with Gasteiger partial charge in [-0.15, -0.1) is 12.6 Å². The lowest BCUT2D eigenvalue weighted by molar-refractivity contribution is -0.0831. The number of nitrogens with zero attached hydrogens (tertiary/aromatic N) is 3. The summed E-state index contributed by atoms with van der Waals surface area (Å²) >= 11 is 9.99. The highest BCUT2D eigenvalue weighted by Crippen LogP contribution is 2.36. The Morgan fingerprint density at radius 3 is 2.59 bits per heavy atom. The lowest BCUT2D eigenvalue weighted by Crippen LogP contribution is -2.46. The Hall–Kier alpha value is -1.31. The van der Waals surface area contributed by atoms with E-state index >= 15 is 0 Å². The van der Waals surface area contributed by atoms with Crippen molar-refractivity contribution in [2.75, 3.05) is 6.61 Å². The van der Waals surface area contributed by atoms with Gasteiger partial charge in [-0.05, 0) is 42.9 Å². The van der Waals surface area contributed by atoms with Crippen LogP contribution in [0, 0.1) is 11.2 Å². The van der Waals surface area contributed by atoms with Gasteiger partial charge < -0.3 is 9.84 Å². The van der Waals surface area contributed by atoms with Crippen LogP contribution in [0.2, 0.25) is 5.02 Å². The molecule has 2 rings (SSSR count). The zero-order valence-corrected chi connectivity index (χ0v) is 17.6. The first-order valence-electron chi connectivity index (χ1n) is 8.99. The van der Waals surface area contributed by atoms with Gasteiger partial charge in [0.2, 0.25) is 0 Å². The quantitative estimate of drug-likeness (QED) is 0.457. The SMILES string of the molecule is CC(C)(C)C(O)(CCCCCOc1ccc(Cl)cc1F)Cn1ncnc1S. The molecule has 0 aliphatic carbocycles. The Kier molecular flexibility index (Phi) is 7.54. The van der Waals surface area contributed by atoms with E-state index in [0.29, 0.717) is 29.8 Å². The molecule has 1 aromatic carbocycles. The van der Waals surface area contributed by atoms with Gasteiger partial charge in [-0.25, -0.2) is 14.1 Å². The molecule has 1 unspecified atom stereocenters. The fraction of sp³-hybridized carbons (Fsp3) is 0.579. The molecule has 0 bridgehead atoms. The summed E-state index contributed by atoms with van der Waals surface area (Å²) in [5.74, 6) is -0.252. The highest BCUT2D eigenvalue weighted by Gasteiger charge is 2.40. The molecule has 27 heavy (non-hydrogen) atoms. The van der Waals surface area contributed by atoms with Crippen LogP contribution >= 0.6 is 24.2 Å². The highest BCUT2D eigenvalue weighted by molar-refractivity contribution is 7.80. The summed E-state index contributed by atoms with van der Waals surface area (Å²) in [5.41, 5.74) is -1.27. The first-order valence-corrected chi connectivity index (χ1v) is 9.82. The van der Waals surface area contributed by atoms with E-state index in [1.165, 1.54) is 18.5 Å². The van der Waals surface area contributed by atoms with Crippen LogP contribution in [-0.2, 0) is 6.54 Å². The van der Waals surface area contributed by atoms with Crippen LogP contribution in [0.1, 0.15) is 46.5 Å². The maximum atomic E-state index is 13.7. The van der Waals surface area contributed by atoms with Crippen LogP contribution in [-0.4, -0.2) is 32.1 Å². The standard InChI is InChI=1S/C19H27ClFN3O2S/c1-18(2,3)19(25,12-24-17(27)22-13-23-24)9-5-4-6-10-26-16-8-7-14(20)11-15(16)21/h7-8,11,13,25H,4-6,9-10,12H2,1-3H3,(H,22,23,27). The molecular weight excluding hydrogens is 389 g/mol. The zero-order valence-electron chi connectivity index (χ0n) is 16.0. The summed E-state index contributed by atoms with van der Waals surface area (Å²) in [4.78, 5) is 3.99. The van der Waals surface area contributed by atoms with Gasteiger partial charge in [-0.3, -0.25) is 0 Å². The van der Waals surface area contributed by atoms with E-state index in [9.17, 15) is 9.50 Å². The first kappa shape index (κ1) is 22.0. The normalized spacial score (nSPS) is 14.2. The molecule has 0 fully saturated rings. The number of aromatic nitrogens is 3. The molecule has 0 aliphatic heterocycles. The summed E-state index contributed by atoms with van der Waals surface area (Å²) in [6.45, 7) is 6.77. The monoisotopic (exact) mass is 415 g/mol. The number of hydrogen-bond donors (Lipinski definition) is 2. The van der Waals surface area contributed by atoms with Crippen LogP contribution in [0.15, 0.2) is 29.7 Å². The zero-order chi connectivity index (χ0) is 20.1. The third-order valence-electron chi connectivity index (χ3n) is 4.79. The number of thiol groups is 1. The summed E-state index contributed by atoms with van der Waals surface area (Å²) in [5, 5.41) is 16.2. The summed E-state index contributed by atoms with van der Waals surface area (Å²) in [7, 11) is 0. The molecule has 1 atom stereocenters. The molecular formula is C19H27ClFN3O2S. The van der Waals surface area contributed by atoms with E-state index in [-0.39, 0.29) is 11.2 Å². The third kappa shape index (κ3) is 6.09. The van der Waals surface area contributed by atoms with Gasteiger partial charge in [-0.2, -0.15) is 5.10 Å². The van der Waals surface area contributed by atoms with Crippen LogP contribution < -0.4 is 4.74 Å². The molecule has 2 aromatic rings. The Balaban J connectivity index is 1.81. The van der Waals surface area contributed by atoms with Crippen LogP contribution in [0.25, 0.3) is 0 Å². The second-order valence-corrected chi connectivity index (χ2v) is 8.57. The third-order valence-corrected chi connectivity index (χ3v) is 5.37. The molecule has 1 N–H and O–H groups in total. The molecule has 0 radical (unpaired) electrons. The topological polar surface area (TPSA) is 60.2 Å². The maximum Gasteiger partial charge on any atom is 0.183 e. The van der Waals surface area contributed by atoms with Crippen molar-refractivity contribution >= 4 is 24.2 Å². The molecule has 1 heterocycles. The molecule has 0 aliphatic rings. The fourth-order valence-corrected chi connectivity index (χ4v) is 3.11. The van der Waals surface area contributed by atoms with Crippen molar-refractivity contribution in [1.29, 1.82) is 0 Å². The van der Waals surface area contributed by atoms with E-state index in [1.54, 1.807) is 10.7 Å². The minimum atomic E-state index is -0.943. The number of benzene rings is 1.